The third kappa shape index (κ3) is 2.82. The van der Waals surface area contributed by atoms with Crippen LogP contribution >= 0.6 is 0 Å². The van der Waals surface area contributed by atoms with Gasteiger partial charge in [-0.15, -0.1) is 0 Å². The van der Waals surface area contributed by atoms with Gasteiger partial charge in [0, 0.05) is 6.20 Å². The van der Waals surface area contributed by atoms with Crippen LogP contribution in [0.15, 0.2) is 6.20 Å². The average Bonchev–Trinajstić information content (AvgIpc) is 2.44. The molecule has 0 aromatic carbocycles. The lowest BCUT2D eigenvalue weighted by molar-refractivity contribution is 0.269. The highest BCUT2D eigenvalue weighted by atomic mass is 16.3. The summed E-state index contributed by atoms with van der Waals surface area (Å²) in [5.74, 6) is 0. The van der Waals surface area contributed by atoms with Gasteiger partial charge in [-0.25, -0.2) is 0 Å². The van der Waals surface area contributed by atoms with Crippen molar-refractivity contribution in [2.24, 2.45) is 5.73 Å². The number of aryl methyl sites for hydroxylation is 2. The molecule has 0 aliphatic rings. The fourth-order valence-electron chi connectivity index (χ4n) is 1.31. The first-order chi connectivity index (χ1) is 6.27. The van der Waals surface area contributed by atoms with Crippen molar-refractivity contribution < 1.29 is 5.11 Å². The van der Waals surface area contributed by atoms with E-state index in [-0.39, 0.29) is 6.61 Å². The summed E-state index contributed by atoms with van der Waals surface area (Å²) in [7, 11) is 0. The molecule has 74 valence electrons. The van der Waals surface area contributed by atoms with Crippen LogP contribution in [0.3, 0.4) is 0 Å². The third-order valence-electron chi connectivity index (χ3n) is 2.03. The summed E-state index contributed by atoms with van der Waals surface area (Å²) in [4.78, 5) is 0. The fourth-order valence-corrected chi connectivity index (χ4v) is 1.31. The second-order valence-electron chi connectivity index (χ2n) is 3.12. The van der Waals surface area contributed by atoms with Gasteiger partial charge < -0.3 is 10.8 Å². The number of aliphatic hydroxyl groups is 1. The molecule has 0 spiro atoms. The van der Waals surface area contributed by atoms with Gasteiger partial charge in [0.15, 0.2) is 0 Å². The number of rotatable bonds is 5. The third-order valence-corrected chi connectivity index (χ3v) is 2.03. The molecule has 1 aromatic heterocycles. The Hall–Kier alpha value is -0.870. The minimum absolute atomic E-state index is 0.136. The van der Waals surface area contributed by atoms with Gasteiger partial charge in [-0.05, 0) is 31.9 Å². The lowest BCUT2D eigenvalue weighted by Gasteiger charge is -1.95. The first-order valence-electron chi connectivity index (χ1n) is 4.61. The van der Waals surface area contributed by atoms with Crippen LogP contribution in [-0.2, 0) is 13.0 Å². The zero-order valence-corrected chi connectivity index (χ0v) is 8.03. The van der Waals surface area contributed by atoms with Gasteiger partial charge >= 0.3 is 0 Å². The Kier molecular flexibility index (Phi) is 3.92. The number of aliphatic hydroxyl groups excluding tert-OH is 1. The summed E-state index contributed by atoms with van der Waals surface area (Å²) in [6, 6.07) is 0. The maximum atomic E-state index is 8.72. The molecule has 4 heteroatoms. The van der Waals surface area contributed by atoms with Crippen LogP contribution in [-0.4, -0.2) is 28.0 Å². The van der Waals surface area contributed by atoms with Crippen molar-refractivity contribution in [2.75, 3.05) is 13.2 Å². The highest BCUT2D eigenvalue weighted by Crippen LogP contribution is 2.07. The largest absolute Gasteiger partial charge is 0.394 e. The Bertz CT molecular complexity index is 257. The maximum Gasteiger partial charge on any atom is 0.0641 e. The van der Waals surface area contributed by atoms with Crippen LogP contribution in [0.1, 0.15) is 17.7 Å². The molecule has 0 atom stereocenters. The Balaban J connectivity index is 2.60. The summed E-state index contributed by atoms with van der Waals surface area (Å²) in [6.45, 7) is 3.41. The number of aromatic nitrogens is 2. The van der Waals surface area contributed by atoms with Crippen LogP contribution < -0.4 is 5.73 Å². The molecule has 0 unspecified atom stereocenters. The van der Waals surface area contributed by atoms with Crippen molar-refractivity contribution in [3.05, 3.63) is 17.5 Å². The normalized spacial score (nSPS) is 10.7. The Morgan fingerprint density at radius 3 is 3.00 bits per heavy atom. The summed E-state index contributed by atoms with van der Waals surface area (Å²) in [5, 5.41) is 13.0. The van der Waals surface area contributed by atoms with E-state index >= 15 is 0 Å². The van der Waals surface area contributed by atoms with E-state index in [1.54, 1.807) is 4.68 Å². The zero-order chi connectivity index (χ0) is 9.68. The molecular weight excluding hydrogens is 166 g/mol. The number of nitrogens with zero attached hydrogens (tertiary/aromatic N) is 2. The van der Waals surface area contributed by atoms with Crippen molar-refractivity contribution >= 4 is 0 Å². The minimum Gasteiger partial charge on any atom is -0.394 e. The van der Waals surface area contributed by atoms with E-state index in [0.29, 0.717) is 13.1 Å². The molecule has 1 rings (SSSR count). The van der Waals surface area contributed by atoms with Crippen LogP contribution in [0.2, 0.25) is 0 Å². The monoisotopic (exact) mass is 183 g/mol. The Morgan fingerprint density at radius 1 is 1.62 bits per heavy atom. The first kappa shape index (κ1) is 10.2. The summed E-state index contributed by atoms with van der Waals surface area (Å²) in [5.41, 5.74) is 7.70. The van der Waals surface area contributed by atoms with E-state index in [1.165, 1.54) is 5.56 Å². The van der Waals surface area contributed by atoms with Crippen LogP contribution in [0.25, 0.3) is 0 Å². The van der Waals surface area contributed by atoms with Crippen molar-refractivity contribution in [2.45, 2.75) is 26.3 Å². The minimum atomic E-state index is 0.136. The van der Waals surface area contributed by atoms with Gasteiger partial charge in [0.2, 0.25) is 0 Å². The van der Waals surface area contributed by atoms with Gasteiger partial charge in [-0.3, -0.25) is 4.68 Å². The van der Waals surface area contributed by atoms with Crippen molar-refractivity contribution in [3.8, 4) is 0 Å². The second-order valence-corrected chi connectivity index (χ2v) is 3.12. The molecule has 0 amide bonds. The molecule has 1 heterocycles. The van der Waals surface area contributed by atoms with E-state index in [0.717, 1.165) is 18.5 Å². The maximum absolute atomic E-state index is 8.72. The molecule has 0 radical (unpaired) electrons. The molecule has 0 bridgehead atoms. The molecule has 3 N–H and O–H groups in total. The molecule has 4 nitrogen and oxygen atoms in total. The smallest absolute Gasteiger partial charge is 0.0641 e. The molecule has 0 fully saturated rings. The summed E-state index contributed by atoms with van der Waals surface area (Å²) < 4.78 is 1.78. The van der Waals surface area contributed by atoms with Crippen molar-refractivity contribution in [1.82, 2.24) is 9.78 Å². The quantitative estimate of drug-likeness (QED) is 0.679. The van der Waals surface area contributed by atoms with Crippen LogP contribution in [0.4, 0.5) is 0 Å². The van der Waals surface area contributed by atoms with E-state index in [9.17, 15) is 0 Å². The number of nitrogens with two attached hydrogens (primary N) is 1. The number of hydrogen-bond acceptors (Lipinski definition) is 3. The van der Waals surface area contributed by atoms with E-state index < -0.39 is 0 Å². The molecular formula is C9H17N3O. The van der Waals surface area contributed by atoms with Gasteiger partial charge in [-0.2, -0.15) is 5.10 Å². The van der Waals surface area contributed by atoms with Gasteiger partial charge in [-0.1, -0.05) is 0 Å². The van der Waals surface area contributed by atoms with E-state index in [1.807, 2.05) is 13.1 Å². The van der Waals surface area contributed by atoms with Crippen molar-refractivity contribution in [1.29, 1.82) is 0 Å². The Labute approximate surface area is 78.4 Å². The first-order valence-corrected chi connectivity index (χ1v) is 4.61. The predicted octanol–water partition coefficient (Wildman–Crippen LogP) is 0.0751. The second kappa shape index (κ2) is 4.99. The average molecular weight is 183 g/mol. The molecule has 1 aromatic rings. The fraction of sp³-hybridized carbons (Fsp3) is 0.667. The molecule has 0 aliphatic carbocycles. The Morgan fingerprint density at radius 2 is 2.38 bits per heavy atom. The van der Waals surface area contributed by atoms with Crippen LogP contribution in [0.5, 0.6) is 0 Å². The van der Waals surface area contributed by atoms with E-state index in [2.05, 4.69) is 5.10 Å². The molecule has 0 saturated carbocycles. The van der Waals surface area contributed by atoms with Gasteiger partial charge in [0.25, 0.3) is 0 Å². The lowest BCUT2D eigenvalue weighted by Crippen LogP contribution is -2.02. The van der Waals surface area contributed by atoms with Gasteiger partial charge in [0.1, 0.15) is 0 Å². The summed E-state index contributed by atoms with van der Waals surface area (Å²) >= 11 is 0. The summed E-state index contributed by atoms with van der Waals surface area (Å²) in [6.07, 6.45) is 3.96. The SMILES string of the molecule is Cc1nn(CCO)cc1CCCN. The molecule has 13 heavy (non-hydrogen) atoms. The molecule has 0 aliphatic heterocycles. The van der Waals surface area contributed by atoms with Crippen molar-refractivity contribution in [3.63, 3.8) is 0 Å². The topological polar surface area (TPSA) is 64.1 Å². The highest BCUT2D eigenvalue weighted by molar-refractivity contribution is 5.15. The standard InChI is InChI=1S/C9H17N3O/c1-8-9(3-2-4-10)7-12(11-8)5-6-13/h7,13H,2-6,10H2,1H3. The number of hydrogen-bond donors (Lipinski definition) is 2. The lowest BCUT2D eigenvalue weighted by atomic mass is 10.1. The predicted molar refractivity (Wildman–Crippen MR) is 51.4 cm³/mol. The highest BCUT2D eigenvalue weighted by Gasteiger charge is 2.03. The molecule has 0 saturated heterocycles. The zero-order valence-electron chi connectivity index (χ0n) is 8.03. The van der Waals surface area contributed by atoms with Crippen LogP contribution in [0, 0.1) is 6.92 Å². The van der Waals surface area contributed by atoms with Gasteiger partial charge in [0.05, 0.1) is 18.8 Å². The van der Waals surface area contributed by atoms with E-state index in [4.69, 9.17) is 10.8 Å².